The minimum absolute atomic E-state index is 0.392. The van der Waals surface area contributed by atoms with Crippen LogP contribution in [-0.2, 0) is 4.79 Å². The van der Waals surface area contributed by atoms with Crippen molar-refractivity contribution in [1.82, 2.24) is 4.90 Å². The molecule has 3 unspecified atom stereocenters. The second-order valence-electron chi connectivity index (χ2n) is 6.41. The van der Waals surface area contributed by atoms with E-state index in [-0.39, 0.29) is 0 Å². The van der Waals surface area contributed by atoms with Crippen LogP contribution < -0.4 is 0 Å². The minimum atomic E-state index is 0.392. The van der Waals surface area contributed by atoms with Gasteiger partial charge in [0, 0.05) is 18.5 Å². The van der Waals surface area contributed by atoms with E-state index in [0.29, 0.717) is 23.8 Å². The molecule has 0 N–H and O–H groups in total. The van der Waals surface area contributed by atoms with Gasteiger partial charge in [-0.25, -0.2) is 0 Å². The molecule has 2 aliphatic carbocycles. The van der Waals surface area contributed by atoms with Gasteiger partial charge < -0.3 is 4.90 Å². The predicted octanol–water partition coefficient (Wildman–Crippen LogP) is 2.68. The van der Waals surface area contributed by atoms with Gasteiger partial charge >= 0.3 is 0 Å². The maximum Gasteiger partial charge on any atom is 0.225 e. The first-order chi connectivity index (χ1) is 7.66. The fourth-order valence-electron chi connectivity index (χ4n) is 3.91. The first-order valence-corrected chi connectivity index (χ1v) is 6.97. The number of carbonyl (C=O) groups excluding carboxylic acids is 1. The molecule has 0 aromatic rings. The fourth-order valence-corrected chi connectivity index (χ4v) is 3.91. The molecule has 16 heavy (non-hydrogen) atoms. The Balaban J connectivity index is 1.65. The summed E-state index contributed by atoms with van der Waals surface area (Å²) in [6.45, 7) is 5.53. The first-order valence-electron chi connectivity index (χ1n) is 6.97. The van der Waals surface area contributed by atoms with Crippen LogP contribution in [0.4, 0.5) is 0 Å². The average molecular weight is 221 g/mol. The molecule has 2 heteroatoms. The Bertz CT molecular complexity index is 289. The summed E-state index contributed by atoms with van der Waals surface area (Å²) in [6.07, 6.45) is 6.25. The van der Waals surface area contributed by atoms with Crippen LogP contribution in [0, 0.1) is 23.7 Å². The monoisotopic (exact) mass is 221 g/mol. The molecule has 0 radical (unpaired) electrons. The molecule has 0 aromatic heterocycles. The smallest absolute Gasteiger partial charge is 0.225 e. The molecule has 3 atom stereocenters. The zero-order valence-corrected chi connectivity index (χ0v) is 10.5. The van der Waals surface area contributed by atoms with Gasteiger partial charge in [-0.05, 0) is 49.9 Å². The van der Waals surface area contributed by atoms with Gasteiger partial charge in [0.1, 0.15) is 0 Å². The maximum atomic E-state index is 12.5. The standard InChI is InChI=1S/C14H23NO/c1-9(2)13-4-3-5-15(13)14(16)12-7-10-6-11(10)8-12/h9-13H,3-8H2,1-2H3. The number of rotatable bonds is 2. The molecule has 3 aliphatic rings. The Hall–Kier alpha value is -0.530. The summed E-state index contributed by atoms with van der Waals surface area (Å²) in [5.41, 5.74) is 0. The molecule has 0 aromatic carbocycles. The highest BCUT2D eigenvalue weighted by Gasteiger charge is 2.49. The first kappa shape index (κ1) is 10.6. The van der Waals surface area contributed by atoms with Crippen LogP contribution in [0.3, 0.4) is 0 Å². The maximum absolute atomic E-state index is 12.5. The van der Waals surface area contributed by atoms with E-state index >= 15 is 0 Å². The molecule has 0 spiro atoms. The van der Waals surface area contributed by atoms with Crippen LogP contribution in [0.1, 0.15) is 46.0 Å². The Kier molecular flexibility index (Phi) is 2.49. The molecule has 2 nitrogen and oxygen atoms in total. The van der Waals surface area contributed by atoms with Crippen molar-refractivity contribution in [2.75, 3.05) is 6.54 Å². The van der Waals surface area contributed by atoms with Crippen molar-refractivity contribution in [2.45, 2.75) is 52.0 Å². The molecular weight excluding hydrogens is 198 g/mol. The van der Waals surface area contributed by atoms with Gasteiger partial charge in [-0.3, -0.25) is 4.79 Å². The van der Waals surface area contributed by atoms with E-state index in [4.69, 9.17) is 0 Å². The van der Waals surface area contributed by atoms with Crippen molar-refractivity contribution in [3.8, 4) is 0 Å². The van der Waals surface area contributed by atoms with E-state index < -0.39 is 0 Å². The second kappa shape index (κ2) is 3.75. The van der Waals surface area contributed by atoms with Crippen LogP contribution in [-0.4, -0.2) is 23.4 Å². The molecule has 1 saturated heterocycles. The molecule has 3 fully saturated rings. The van der Waals surface area contributed by atoms with E-state index in [1.807, 2.05) is 0 Å². The number of fused-ring (bicyclic) bond motifs is 1. The van der Waals surface area contributed by atoms with Gasteiger partial charge in [-0.2, -0.15) is 0 Å². The highest BCUT2D eigenvalue weighted by molar-refractivity contribution is 5.80. The van der Waals surface area contributed by atoms with Crippen LogP contribution >= 0.6 is 0 Å². The Morgan fingerprint density at radius 1 is 1.19 bits per heavy atom. The zero-order chi connectivity index (χ0) is 11.3. The van der Waals surface area contributed by atoms with Crippen LogP contribution in [0.2, 0.25) is 0 Å². The van der Waals surface area contributed by atoms with E-state index in [1.165, 1.54) is 32.1 Å². The normalized spacial score (nSPS) is 41.6. The minimum Gasteiger partial charge on any atom is -0.339 e. The number of amides is 1. The summed E-state index contributed by atoms with van der Waals surface area (Å²) < 4.78 is 0. The molecule has 3 rings (SSSR count). The van der Waals surface area contributed by atoms with E-state index in [1.54, 1.807) is 0 Å². The van der Waals surface area contributed by atoms with Crippen LogP contribution in [0.5, 0.6) is 0 Å². The number of nitrogens with zero attached hydrogens (tertiary/aromatic N) is 1. The molecule has 0 bridgehead atoms. The van der Waals surface area contributed by atoms with E-state index in [2.05, 4.69) is 18.7 Å². The van der Waals surface area contributed by atoms with Gasteiger partial charge in [-0.1, -0.05) is 13.8 Å². The number of hydrogen-bond acceptors (Lipinski definition) is 1. The lowest BCUT2D eigenvalue weighted by molar-refractivity contribution is -0.137. The van der Waals surface area contributed by atoms with Gasteiger partial charge in [0.15, 0.2) is 0 Å². The topological polar surface area (TPSA) is 20.3 Å². The van der Waals surface area contributed by atoms with Crippen molar-refractivity contribution in [3.05, 3.63) is 0 Å². The summed E-state index contributed by atoms with van der Waals surface area (Å²) in [7, 11) is 0. The number of likely N-dealkylation sites (tertiary alicyclic amines) is 1. The van der Waals surface area contributed by atoms with Crippen molar-refractivity contribution in [3.63, 3.8) is 0 Å². The quantitative estimate of drug-likeness (QED) is 0.702. The largest absolute Gasteiger partial charge is 0.339 e. The average Bonchev–Trinajstić information content (AvgIpc) is 2.72. The lowest BCUT2D eigenvalue weighted by atomic mass is 9.98. The van der Waals surface area contributed by atoms with Crippen molar-refractivity contribution in [1.29, 1.82) is 0 Å². The van der Waals surface area contributed by atoms with Crippen molar-refractivity contribution in [2.24, 2.45) is 23.7 Å². The summed E-state index contributed by atoms with van der Waals surface area (Å²) in [5.74, 6) is 3.36. The molecule has 2 saturated carbocycles. The molecular formula is C14H23NO. The van der Waals surface area contributed by atoms with Gasteiger partial charge in [-0.15, -0.1) is 0 Å². The van der Waals surface area contributed by atoms with E-state index in [9.17, 15) is 4.79 Å². The van der Waals surface area contributed by atoms with Crippen molar-refractivity contribution >= 4 is 5.91 Å². The SMILES string of the molecule is CC(C)C1CCCN1C(=O)C1CC2CC2C1. The van der Waals surface area contributed by atoms with E-state index in [0.717, 1.165) is 18.4 Å². The fraction of sp³-hybridized carbons (Fsp3) is 0.929. The summed E-state index contributed by atoms with van der Waals surface area (Å²) in [6, 6.07) is 0.532. The lowest BCUT2D eigenvalue weighted by Crippen LogP contribution is -2.41. The molecule has 90 valence electrons. The Labute approximate surface area is 98.4 Å². The zero-order valence-electron chi connectivity index (χ0n) is 10.5. The van der Waals surface area contributed by atoms with Crippen LogP contribution in [0.15, 0.2) is 0 Å². The third kappa shape index (κ3) is 1.66. The number of carbonyl (C=O) groups is 1. The van der Waals surface area contributed by atoms with Crippen LogP contribution in [0.25, 0.3) is 0 Å². The van der Waals surface area contributed by atoms with Gasteiger partial charge in [0.05, 0.1) is 0 Å². The second-order valence-corrected chi connectivity index (χ2v) is 6.41. The third-order valence-corrected chi connectivity index (χ3v) is 4.94. The lowest BCUT2D eigenvalue weighted by Gasteiger charge is -2.30. The third-order valence-electron chi connectivity index (χ3n) is 4.94. The summed E-state index contributed by atoms with van der Waals surface area (Å²) in [5, 5.41) is 0. The highest BCUT2D eigenvalue weighted by atomic mass is 16.2. The Morgan fingerprint density at radius 2 is 1.88 bits per heavy atom. The van der Waals surface area contributed by atoms with Crippen molar-refractivity contribution < 1.29 is 4.79 Å². The summed E-state index contributed by atoms with van der Waals surface area (Å²) in [4.78, 5) is 14.7. The molecule has 1 amide bonds. The predicted molar refractivity (Wildman–Crippen MR) is 63.9 cm³/mol. The molecule has 1 heterocycles. The highest BCUT2D eigenvalue weighted by Crippen LogP contribution is 2.54. The summed E-state index contributed by atoms with van der Waals surface area (Å²) >= 11 is 0. The van der Waals surface area contributed by atoms with Gasteiger partial charge in [0.2, 0.25) is 5.91 Å². The Morgan fingerprint density at radius 3 is 2.50 bits per heavy atom. The molecule has 1 aliphatic heterocycles. The number of hydrogen-bond donors (Lipinski definition) is 0. The van der Waals surface area contributed by atoms with Gasteiger partial charge in [0.25, 0.3) is 0 Å².